The molecule has 0 unspecified atom stereocenters. The second-order valence-corrected chi connectivity index (χ2v) is 6.20. The fraction of sp³-hybridized carbons (Fsp3) is 0.333. The second kappa shape index (κ2) is 4.18. The molecule has 1 rings (SSSR count). The van der Waals surface area contributed by atoms with Crippen LogP contribution in [0.25, 0.3) is 0 Å². The first-order chi connectivity index (χ1) is 6.09. The van der Waals surface area contributed by atoms with Gasteiger partial charge in [-0.3, -0.25) is 4.79 Å². The molecule has 0 fully saturated rings. The van der Waals surface area contributed by atoms with E-state index < -0.39 is 8.96 Å². The van der Waals surface area contributed by atoms with Crippen molar-refractivity contribution in [2.75, 3.05) is 7.05 Å². The van der Waals surface area contributed by atoms with Gasteiger partial charge < -0.3 is 4.67 Å². The lowest BCUT2D eigenvalue weighted by Gasteiger charge is -2.17. The Labute approximate surface area is 80.1 Å². The van der Waals surface area contributed by atoms with E-state index in [0.29, 0.717) is 0 Å². The Balaban J connectivity index is 2.69. The lowest BCUT2D eigenvalue weighted by Crippen LogP contribution is -2.26. The van der Waals surface area contributed by atoms with Crippen LogP contribution < -0.4 is 0 Å². The fourth-order valence-corrected chi connectivity index (χ4v) is 1.17. The second-order valence-electron chi connectivity index (χ2n) is 3.26. The van der Waals surface area contributed by atoms with Gasteiger partial charge in [-0.05, 0) is 24.3 Å². The van der Waals surface area contributed by atoms with E-state index in [1.54, 1.807) is 12.2 Å². The smallest absolute Gasteiger partial charge is 0.178 e. The van der Waals surface area contributed by atoms with Gasteiger partial charge in [0.05, 0.1) is 5.71 Å². The average Bonchev–Trinajstić information content (AvgIpc) is 2.08. The molecule has 3 nitrogen and oxygen atoms in total. The summed E-state index contributed by atoms with van der Waals surface area (Å²) in [5, 5.41) is 4.36. The molecular weight excluding hydrogens is 180 g/mol. The number of rotatable bonds is 2. The van der Waals surface area contributed by atoms with Gasteiger partial charge in [-0.1, -0.05) is 13.1 Å². The summed E-state index contributed by atoms with van der Waals surface area (Å²) in [5.74, 6) is 0.0309. The summed E-state index contributed by atoms with van der Waals surface area (Å²) in [6, 6.07) is 0. The van der Waals surface area contributed by atoms with E-state index in [0.717, 1.165) is 5.71 Å². The Bertz CT molecular complexity index is 274. The predicted molar refractivity (Wildman–Crippen MR) is 57.4 cm³/mol. The highest BCUT2D eigenvalue weighted by molar-refractivity contribution is 6.52. The van der Waals surface area contributed by atoms with Crippen molar-refractivity contribution < 1.29 is 4.79 Å². The van der Waals surface area contributed by atoms with Crippen LogP contribution in [0.2, 0.25) is 13.1 Å². The van der Waals surface area contributed by atoms with Gasteiger partial charge in [0.2, 0.25) is 0 Å². The molecule has 0 heterocycles. The van der Waals surface area contributed by atoms with Crippen molar-refractivity contribution in [3.63, 3.8) is 0 Å². The van der Waals surface area contributed by atoms with Crippen molar-refractivity contribution in [3.05, 3.63) is 24.3 Å². The Hall–Kier alpha value is -1.16. The molecule has 0 saturated carbocycles. The molecule has 0 saturated heterocycles. The Morgan fingerprint density at radius 1 is 1.23 bits per heavy atom. The maximum atomic E-state index is 10.8. The van der Waals surface area contributed by atoms with Crippen LogP contribution in [-0.4, -0.2) is 32.2 Å². The summed E-state index contributed by atoms with van der Waals surface area (Å²) < 4.78 is 2.00. The van der Waals surface area contributed by atoms with Crippen molar-refractivity contribution in [2.24, 2.45) is 5.10 Å². The molecule has 0 aromatic rings. The predicted octanol–water partition coefficient (Wildman–Crippen LogP) is 0.953. The molecule has 0 bridgehead atoms. The molecule has 0 amide bonds. The minimum absolute atomic E-state index is 0.0309. The maximum absolute atomic E-state index is 10.8. The van der Waals surface area contributed by atoms with E-state index >= 15 is 0 Å². The normalized spacial score (nSPS) is 15.4. The van der Waals surface area contributed by atoms with E-state index in [9.17, 15) is 4.79 Å². The van der Waals surface area contributed by atoms with Crippen LogP contribution in [0.1, 0.15) is 0 Å². The molecule has 0 aliphatic heterocycles. The topological polar surface area (TPSA) is 32.7 Å². The van der Waals surface area contributed by atoms with E-state index in [1.807, 2.05) is 11.7 Å². The molecular formula is C9H14N2OSi. The number of ketones is 1. The molecule has 1 aliphatic carbocycles. The zero-order valence-corrected chi connectivity index (χ0v) is 9.34. The lowest BCUT2D eigenvalue weighted by molar-refractivity contribution is -0.110. The van der Waals surface area contributed by atoms with Crippen LogP contribution in [0, 0.1) is 0 Å². The molecule has 1 aliphatic rings. The summed E-state index contributed by atoms with van der Waals surface area (Å²) >= 11 is 0. The average molecular weight is 194 g/mol. The third-order valence-electron chi connectivity index (χ3n) is 1.86. The Morgan fingerprint density at radius 2 is 1.77 bits per heavy atom. The van der Waals surface area contributed by atoms with Gasteiger partial charge in [0, 0.05) is 7.05 Å². The maximum Gasteiger partial charge on any atom is 0.178 e. The summed E-state index contributed by atoms with van der Waals surface area (Å²) in [6.07, 6.45) is 6.56. The lowest BCUT2D eigenvalue weighted by atomic mass is 10.2. The van der Waals surface area contributed by atoms with E-state index in [2.05, 4.69) is 18.2 Å². The van der Waals surface area contributed by atoms with Gasteiger partial charge in [-0.2, -0.15) is 5.10 Å². The van der Waals surface area contributed by atoms with E-state index in [-0.39, 0.29) is 5.78 Å². The van der Waals surface area contributed by atoms with Gasteiger partial charge in [0.1, 0.15) is 0 Å². The van der Waals surface area contributed by atoms with Gasteiger partial charge in [0.15, 0.2) is 14.7 Å². The number of nitrogens with zero attached hydrogens (tertiary/aromatic N) is 2. The van der Waals surface area contributed by atoms with Crippen LogP contribution in [0.4, 0.5) is 0 Å². The van der Waals surface area contributed by atoms with Gasteiger partial charge in [0.25, 0.3) is 0 Å². The first-order valence-electron chi connectivity index (χ1n) is 4.31. The monoisotopic (exact) mass is 194 g/mol. The highest BCUT2D eigenvalue weighted by Crippen LogP contribution is 1.99. The summed E-state index contributed by atoms with van der Waals surface area (Å²) in [4.78, 5) is 10.8. The number of hydrazone groups is 1. The van der Waals surface area contributed by atoms with Crippen molar-refractivity contribution in [3.8, 4) is 0 Å². The van der Waals surface area contributed by atoms with Crippen LogP contribution in [0.3, 0.4) is 0 Å². The highest BCUT2D eigenvalue weighted by Gasteiger charge is 2.03. The van der Waals surface area contributed by atoms with Crippen LogP contribution in [-0.2, 0) is 4.79 Å². The molecule has 0 spiro atoms. The molecule has 4 heteroatoms. The van der Waals surface area contributed by atoms with Crippen molar-refractivity contribution >= 4 is 20.5 Å². The largest absolute Gasteiger partial charge is 0.331 e. The van der Waals surface area contributed by atoms with Crippen LogP contribution in [0.15, 0.2) is 29.4 Å². The van der Waals surface area contributed by atoms with Crippen molar-refractivity contribution in [1.29, 1.82) is 0 Å². The van der Waals surface area contributed by atoms with Crippen molar-refractivity contribution in [2.45, 2.75) is 13.1 Å². The Kier molecular flexibility index (Phi) is 3.19. The number of carbonyl (C=O) groups excluding carboxylic acids is 1. The van der Waals surface area contributed by atoms with Crippen LogP contribution in [0.5, 0.6) is 0 Å². The SMILES string of the molecule is CN(N=C1C=CC(=O)C=C1)[SiH](C)C. The fourth-order valence-electron chi connectivity index (χ4n) is 0.810. The minimum atomic E-state index is -0.858. The first-order valence-corrected chi connectivity index (χ1v) is 7.14. The number of hydrogen-bond acceptors (Lipinski definition) is 3. The summed E-state index contributed by atoms with van der Waals surface area (Å²) in [6.45, 7) is 4.40. The van der Waals surface area contributed by atoms with Crippen molar-refractivity contribution in [1.82, 2.24) is 4.67 Å². The third-order valence-corrected chi connectivity index (χ3v) is 3.47. The summed E-state index contributed by atoms with van der Waals surface area (Å²) in [5.41, 5.74) is 0.850. The van der Waals surface area contributed by atoms with E-state index in [4.69, 9.17) is 0 Å². The minimum Gasteiger partial charge on any atom is -0.331 e. The zero-order valence-electron chi connectivity index (χ0n) is 8.19. The molecule has 13 heavy (non-hydrogen) atoms. The standard InChI is InChI=1S/C9H14N2OSi/c1-11(13(2)3)10-8-4-6-9(12)7-5-8/h4-7,13H,1-3H3. The zero-order chi connectivity index (χ0) is 9.84. The number of hydrogen-bond donors (Lipinski definition) is 0. The molecule has 0 aromatic carbocycles. The molecule has 0 N–H and O–H groups in total. The van der Waals surface area contributed by atoms with Gasteiger partial charge in [-0.25, -0.2) is 0 Å². The molecule has 70 valence electrons. The van der Waals surface area contributed by atoms with Gasteiger partial charge in [-0.15, -0.1) is 0 Å². The molecule has 0 atom stereocenters. The third kappa shape index (κ3) is 2.99. The number of carbonyl (C=O) groups is 1. The molecule has 0 radical (unpaired) electrons. The highest BCUT2D eigenvalue weighted by atomic mass is 28.3. The number of allylic oxidation sites excluding steroid dienone is 4. The van der Waals surface area contributed by atoms with E-state index in [1.165, 1.54) is 12.2 Å². The molecule has 0 aromatic heterocycles. The first kappa shape index (κ1) is 9.92. The summed E-state index contributed by atoms with van der Waals surface area (Å²) in [7, 11) is 1.12. The quantitative estimate of drug-likeness (QED) is 0.372. The van der Waals surface area contributed by atoms with Crippen LogP contribution >= 0.6 is 0 Å². The Morgan fingerprint density at radius 3 is 2.23 bits per heavy atom. The van der Waals surface area contributed by atoms with Gasteiger partial charge >= 0.3 is 0 Å².